The van der Waals surface area contributed by atoms with Gasteiger partial charge in [0.05, 0.1) is 0 Å². The average Bonchev–Trinajstić information content (AvgIpc) is 2.01. The molecule has 0 rings (SSSR count). The molecule has 0 spiro atoms. The largest absolute Gasteiger partial charge is 0.480 e. The molecule has 0 aromatic heterocycles. The molecule has 0 aliphatic carbocycles. The minimum atomic E-state index is -1.14. The number of carboxylic acid groups (broad SMARTS) is 1. The summed E-state index contributed by atoms with van der Waals surface area (Å²) in [6, 6.07) is -1.02. The summed E-state index contributed by atoms with van der Waals surface area (Å²) in [6.07, 6.45) is 1.32. The van der Waals surface area contributed by atoms with E-state index in [0.29, 0.717) is 0 Å². The monoisotopic (exact) mass is 201 g/mol. The fourth-order valence-corrected chi connectivity index (χ4v) is 0.862. The van der Waals surface area contributed by atoms with Crippen molar-refractivity contribution in [3.63, 3.8) is 0 Å². The Kier molecular flexibility index (Phi) is 5.55. The number of aliphatic carboxylic acids is 1. The molecule has 3 N–H and O–H groups in total. The van der Waals surface area contributed by atoms with Gasteiger partial charge in [-0.05, 0) is 13.8 Å². The molecular formula is C9H15NO4. The minimum Gasteiger partial charge on any atom is -0.480 e. The van der Waals surface area contributed by atoms with Crippen LogP contribution in [0.2, 0.25) is 0 Å². The first-order chi connectivity index (χ1) is 6.47. The first-order valence-electron chi connectivity index (χ1n) is 4.26. The molecule has 14 heavy (non-hydrogen) atoms. The maximum Gasteiger partial charge on any atom is 0.326 e. The molecule has 0 fully saturated rings. The van der Waals surface area contributed by atoms with Crippen LogP contribution in [0, 0.1) is 0 Å². The number of hydrogen-bond donors (Lipinski definition) is 3. The van der Waals surface area contributed by atoms with Crippen LogP contribution in [-0.4, -0.2) is 34.7 Å². The van der Waals surface area contributed by atoms with Crippen LogP contribution >= 0.6 is 0 Å². The van der Waals surface area contributed by atoms with Gasteiger partial charge in [-0.15, -0.1) is 0 Å². The molecule has 0 unspecified atom stereocenters. The zero-order chi connectivity index (χ0) is 11.1. The molecule has 0 bridgehead atoms. The third-order valence-electron chi connectivity index (χ3n) is 1.45. The summed E-state index contributed by atoms with van der Waals surface area (Å²) in [5.74, 6) is -1.60. The van der Waals surface area contributed by atoms with E-state index < -0.39 is 17.9 Å². The van der Waals surface area contributed by atoms with Crippen LogP contribution in [0.25, 0.3) is 0 Å². The Morgan fingerprint density at radius 1 is 1.43 bits per heavy atom. The molecule has 0 heterocycles. The van der Waals surface area contributed by atoms with Crippen molar-refractivity contribution in [2.45, 2.75) is 26.3 Å². The second-order valence-electron chi connectivity index (χ2n) is 3.13. The fraction of sp³-hybridized carbons (Fsp3) is 0.556. The Hall–Kier alpha value is -1.36. The molecule has 5 heteroatoms. The molecule has 1 amide bonds. The molecule has 80 valence electrons. The van der Waals surface area contributed by atoms with E-state index in [-0.39, 0.29) is 13.0 Å². The van der Waals surface area contributed by atoms with Gasteiger partial charge in [-0.1, -0.05) is 5.57 Å². The van der Waals surface area contributed by atoms with Gasteiger partial charge in [-0.2, -0.15) is 0 Å². The van der Waals surface area contributed by atoms with E-state index in [4.69, 9.17) is 10.2 Å². The van der Waals surface area contributed by atoms with Crippen molar-refractivity contribution in [1.29, 1.82) is 0 Å². The van der Waals surface area contributed by atoms with Crippen molar-refractivity contribution in [1.82, 2.24) is 5.32 Å². The zero-order valence-corrected chi connectivity index (χ0v) is 8.28. The van der Waals surface area contributed by atoms with E-state index in [1.54, 1.807) is 13.8 Å². The van der Waals surface area contributed by atoms with Gasteiger partial charge in [0, 0.05) is 19.1 Å². The third kappa shape index (κ3) is 5.31. The maximum atomic E-state index is 11.1. The molecule has 5 nitrogen and oxygen atoms in total. The summed E-state index contributed by atoms with van der Waals surface area (Å²) in [5.41, 5.74) is 0.788. The smallest absolute Gasteiger partial charge is 0.326 e. The van der Waals surface area contributed by atoms with Crippen molar-refractivity contribution in [3.8, 4) is 0 Å². The Labute approximate surface area is 82.4 Å². The predicted molar refractivity (Wildman–Crippen MR) is 50.7 cm³/mol. The van der Waals surface area contributed by atoms with Gasteiger partial charge in [-0.3, -0.25) is 4.79 Å². The van der Waals surface area contributed by atoms with E-state index >= 15 is 0 Å². The summed E-state index contributed by atoms with van der Waals surface area (Å²) in [7, 11) is 0. The lowest BCUT2D eigenvalue weighted by Gasteiger charge is -2.11. The topological polar surface area (TPSA) is 86.6 Å². The van der Waals surface area contributed by atoms with Gasteiger partial charge < -0.3 is 15.5 Å². The summed E-state index contributed by atoms with van der Waals surface area (Å²) < 4.78 is 0. The number of nitrogens with one attached hydrogen (secondary N) is 1. The van der Waals surface area contributed by atoms with Crippen molar-refractivity contribution in [2.24, 2.45) is 0 Å². The van der Waals surface area contributed by atoms with Crippen LogP contribution < -0.4 is 5.32 Å². The van der Waals surface area contributed by atoms with Crippen LogP contribution in [0.15, 0.2) is 11.6 Å². The highest BCUT2D eigenvalue weighted by atomic mass is 16.4. The number of allylic oxidation sites excluding steroid dienone is 1. The number of aliphatic hydroxyl groups excluding tert-OH is 1. The van der Waals surface area contributed by atoms with Crippen molar-refractivity contribution < 1.29 is 19.8 Å². The molecule has 0 aromatic rings. The summed E-state index contributed by atoms with van der Waals surface area (Å²) >= 11 is 0. The van der Waals surface area contributed by atoms with Gasteiger partial charge in [0.15, 0.2) is 0 Å². The summed E-state index contributed by atoms with van der Waals surface area (Å²) in [6.45, 7) is 3.20. The summed E-state index contributed by atoms with van der Waals surface area (Å²) in [5, 5.41) is 19.5. The second kappa shape index (κ2) is 6.15. The first-order valence-corrected chi connectivity index (χ1v) is 4.26. The third-order valence-corrected chi connectivity index (χ3v) is 1.45. The predicted octanol–water partition coefficient (Wildman–Crippen LogP) is -0.0956. The van der Waals surface area contributed by atoms with Crippen LogP contribution in [-0.2, 0) is 9.59 Å². The van der Waals surface area contributed by atoms with Gasteiger partial charge in [0.25, 0.3) is 0 Å². The van der Waals surface area contributed by atoms with Gasteiger partial charge in [0.2, 0.25) is 5.91 Å². The van der Waals surface area contributed by atoms with Crippen LogP contribution in [0.4, 0.5) is 0 Å². The quantitative estimate of drug-likeness (QED) is 0.542. The highest BCUT2D eigenvalue weighted by Gasteiger charge is 2.17. The first kappa shape index (κ1) is 12.6. The second-order valence-corrected chi connectivity index (χ2v) is 3.13. The van der Waals surface area contributed by atoms with E-state index in [0.717, 1.165) is 5.57 Å². The molecule has 0 saturated carbocycles. The highest BCUT2D eigenvalue weighted by molar-refractivity contribution is 5.91. The Balaban J connectivity index is 4.23. The van der Waals surface area contributed by atoms with Crippen LogP contribution in [0.3, 0.4) is 0 Å². The number of carbonyl (C=O) groups is 2. The number of rotatable bonds is 5. The number of hydrogen-bond acceptors (Lipinski definition) is 3. The van der Waals surface area contributed by atoms with Gasteiger partial charge in [0.1, 0.15) is 6.04 Å². The number of aliphatic hydroxyl groups is 1. The molecule has 0 aliphatic rings. The zero-order valence-electron chi connectivity index (χ0n) is 8.28. The Morgan fingerprint density at radius 2 is 2.00 bits per heavy atom. The Morgan fingerprint density at radius 3 is 2.36 bits per heavy atom. The minimum absolute atomic E-state index is 0.0116. The maximum absolute atomic E-state index is 11.1. The molecule has 0 aromatic carbocycles. The van der Waals surface area contributed by atoms with Gasteiger partial charge in [-0.25, -0.2) is 4.79 Å². The lowest BCUT2D eigenvalue weighted by atomic mass is 10.2. The van der Waals surface area contributed by atoms with E-state index in [1.807, 2.05) is 0 Å². The summed E-state index contributed by atoms with van der Waals surface area (Å²) in [4.78, 5) is 21.7. The molecule has 0 aliphatic heterocycles. The normalized spacial score (nSPS) is 11.6. The standard InChI is InChI=1S/C9H15NO4/c1-6(2)5-8(12)10-7(3-4-11)9(13)14/h5,7,11H,3-4H2,1-2H3,(H,10,12)(H,13,14)/t7-/m0/s1. The molecule has 1 atom stereocenters. The molecular weight excluding hydrogens is 186 g/mol. The average molecular weight is 201 g/mol. The SMILES string of the molecule is CC(C)=CC(=O)N[C@@H](CCO)C(=O)O. The number of carbonyl (C=O) groups excluding carboxylic acids is 1. The van der Waals surface area contributed by atoms with Gasteiger partial charge >= 0.3 is 5.97 Å². The van der Waals surface area contributed by atoms with Crippen molar-refractivity contribution in [3.05, 3.63) is 11.6 Å². The number of amides is 1. The fourth-order valence-electron chi connectivity index (χ4n) is 0.862. The lowest BCUT2D eigenvalue weighted by molar-refractivity contribution is -0.141. The number of carboxylic acids is 1. The van der Waals surface area contributed by atoms with E-state index in [1.165, 1.54) is 6.08 Å². The molecule has 0 radical (unpaired) electrons. The Bertz CT molecular complexity index is 243. The van der Waals surface area contributed by atoms with Crippen LogP contribution in [0.1, 0.15) is 20.3 Å². The van der Waals surface area contributed by atoms with E-state index in [2.05, 4.69) is 5.32 Å². The van der Waals surface area contributed by atoms with Crippen molar-refractivity contribution in [2.75, 3.05) is 6.61 Å². The van der Waals surface area contributed by atoms with Crippen molar-refractivity contribution >= 4 is 11.9 Å². The highest BCUT2D eigenvalue weighted by Crippen LogP contribution is 1.93. The van der Waals surface area contributed by atoms with E-state index in [9.17, 15) is 9.59 Å². The molecule has 0 saturated heterocycles. The lowest BCUT2D eigenvalue weighted by Crippen LogP contribution is -2.40. The van der Waals surface area contributed by atoms with Crippen LogP contribution in [0.5, 0.6) is 0 Å².